The van der Waals surface area contributed by atoms with Crippen LogP contribution in [-0.4, -0.2) is 35.0 Å². The van der Waals surface area contributed by atoms with Crippen LogP contribution in [0.4, 0.5) is 5.69 Å². The third-order valence-corrected chi connectivity index (χ3v) is 4.49. The lowest BCUT2D eigenvalue weighted by Gasteiger charge is -2.07. The molecule has 0 aliphatic rings. The topological polar surface area (TPSA) is 90.0 Å². The standard InChI is InChI=1S/C20H15N7O/c1-13-10-11-21-20-24-18(25-27(13)20)19(28)23-14-6-8-15(9-7-14)26-12-22-16-4-2-3-5-17(16)26/h2-12H,1H3,(H,23,28). The molecule has 2 aromatic carbocycles. The van der Waals surface area contributed by atoms with Crippen LogP contribution >= 0.6 is 0 Å². The Morgan fingerprint density at radius 2 is 1.82 bits per heavy atom. The number of imidazole rings is 1. The molecule has 0 saturated carbocycles. The number of para-hydroxylation sites is 2. The summed E-state index contributed by atoms with van der Waals surface area (Å²) in [5.41, 5.74) is 4.42. The SMILES string of the molecule is Cc1ccnc2nc(C(=O)Nc3ccc(-n4cnc5ccccc54)cc3)nn12. The highest BCUT2D eigenvalue weighted by Crippen LogP contribution is 2.19. The summed E-state index contributed by atoms with van der Waals surface area (Å²) >= 11 is 0. The molecule has 0 saturated heterocycles. The van der Waals surface area contributed by atoms with Gasteiger partial charge in [-0.3, -0.25) is 9.36 Å². The molecule has 3 aromatic heterocycles. The minimum absolute atomic E-state index is 0.0754. The van der Waals surface area contributed by atoms with E-state index in [-0.39, 0.29) is 11.7 Å². The molecule has 8 heteroatoms. The minimum atomic E-state index is -0.384. The van der Waals surface area contributed by atoms with E-state index in [0.29, 0.717) is 11.5 Å². The molecule has 1 N–H and O–H groups in total. The Morgan fingerprint density at radius 1 is 1.00 bits per heavy atom. The smallest absolute Gasteiger partial charge is 0.295 e. The highest BCUT2D eigenvalue weighted by molar-refractivity contribution is 6.01. The first-order valence-electron chi connectivity index (χ1n) is 8.71. The molecule has 0 fully saturated rings. The molecular weight excluding hydrogens is 354 g/mol. The number of fused-ring (bicyclic) bond motifs is 2. The van der Waals surface area contributed by atoms with Crippen LogP contribution in [0.2, 0.25) is 0 Å². The minimum Gasteiger partial charge on any atom is -0.319 e. The van der Waals surface area contributed by atoms with E-state index in [9.17, 15) is 4.79 Å². The van der Waals surface area contributed by atoms with E-state index in [4.69, 9.17) is 0 Å². The summed E-state index contributed by atoms with van der Waals surface area (Å²) in [4.78, 5) is 25.2. The van der Waals surface area contributed by atoms with Crippen molar-refractivity contribution in [2.45, 2.75) is 6.92 Å². The van der Waals surface area contributed by atoms with Gasteiger partial charge in [0.1, 0.15) is 6.33 Å². The van der Waals surface area contributed by atoms with Gasteiger partial charge in [0.2, 0.25) is 5.82 Å². The highest BCUT2D eigenvalue weighted by Gasteiger charge is 2.14. The van der Waals surface area contributed by atoms with Gasteiger partial charge >= 0.3 is 0 Å². The summed E-state index contributed by atoms with van der Waals surface area (Å²) in [6.45, 7) is 1.88. The Morgan fingerprint density at radius 3 is 2.64 bits per heavy atom. The Labute approximate surface area is 159 Å². The van der Waals surface area contributed by atoms with Crippen molar-refractivity contribution in [2.24, 2.45) is 0 Å². The van der Waals surface area contributed by atoms with Gasteiger partial charge in [0.05, 0.1) is 11.0 Å². The van der Waals surface area contributed by atoms with Gasteiger partial charge in [-0.25, -0.2) is 14.5 Å². The first-order chi connectivity index (χ1) is 13.7. The van der Waals surface area contributed by atoms with Gasteiger partial charge in [0, 0.05) is 23.3 Å². The number of nitrogens with zero attached hydrogens (tertiary/aromatic N) is 6. The Balaban J connectivity index is 1.40. The maximum atomic E-state index is 12.5. The third-order valence-electron chi connectivity index (χ3n) is 4.49. The van der Waals surface area contributed by atoms with Gasteiger partial charge < -0.3 is 5.32 Å². The summed E-state index contributed by atoms with van der Waals surface area (Å²) in [7, 11) is 0. The van der Waals surface area contributed by atoms with Crippen LogP contribution in [0, 0.1) is 6.92 Å². The average Bonchev–Trinajstić information content (AvgIpc) is 3.34. The molecule has 0 aliphatic carbocycles. The molecule has 0 atom stereocenters. The van der Waals surface area contributed by atoms with Gasteiger partial charge in [0.25, 0.3) is 11.7 Å². The molecule has 0 radical (unpaired) electrons. The molecular formula is C20H15N7O. The second-order valence-corrected chi connectivity index (χ2v) is 6.34. The summed E-state index contributed by atoms with van der Waals surface area (Å²) in [5.74, 6) is 0.0877. The number of carbonyl (C=O) groups is 1. The average molecular weight is 369 g/mol. The number of rotatable bonds is 3. The molecule has 0 spiro atoms. The second-order valence-electron chi connectivity index (χ2n) is 6.34. The van der Waals surface area contributed by atoms with Crippen molar-refractivity contribution in [3.63, 3.8) is 0 Å². The fourth-order valence-corrected chi connectivity index (χ4v) is 3.06. The molecule has 3 heterocycles. The molecule has 1 amide bonds. The lowest BCUT2D eigenvalue weighted by Crippen LogP contribution is -2.14. The first-order valence-corrected chi connectivity index (χ1v) is 8.71. The number of hydrogen-bond acceptors (Lipinski definition) is 5. The van der Waals surface area contributed by atoms with Crippen LogP contribution in [0.25, 0.3) is 22.5 Å². The monoisotopic (exact) mass is 369 g/mol. The zero-order valence-electron chi connectivity index (χ0n) is 14.9. The van der Waals surface area contributed by atoms with Crippen LogP contribution in [0.15, 0.2) is 67.1 Å². The van der Waals surface area contributed by atoms with E-state index in [2.05, 4.69) is 25.4 Å². The van der Waals surface area contributed by atoms with E-state index in [1.165, 1.54) is 0 Å². The predicted octanol–water partition coefficient (Wildman–Crippen LogP) is 3.02. The molecule has 0 unspecified atom stereocenters. The maximum absolute atomic E-state index is 12.5. The summed E-state index contributed by atoms with van der Waals surface area (Å²) < 4.78 is 3.54. The summed E-state index contributed by atoms with van der Waals surface area (Å²) in [6, 6.07) is 17.3. The number of anilines is 1. The summed E-state index contributed by atoms with van der Waals surface area (Å²) in [6.07, 6.45) is 3.42. The number of benzene rings is 2. The zero-order chi connectivity index (χ0) is 19.1. The van der Waals surface area contributed by atoms with Gasteiger partial charge in [-0.15, -0.1) is 5.10 Å². The fourth-order valence-electron chi connectivity index (χ4n) is 3.06. The van der Waals surface area contributed by atoms with Crippen LogP contribution in [0.3, 0.4) is 0 Å². The molecule has 0 bridgehead atoms. The number of hydrogen-bond donors (Lipinski definition) is 1. The van der Waals surface area contributed by atoms with Gasteiger partial charge in [-0.1, -0.05) is 12.1 Å². The van der Waals surface area contributed by atoms with Crippen LogP contribution in [0.5, 0.6) is 0 Å². The Kier molecular flexibility index (Phi) is 3.61. The van der Waals surface area contributed by atoms with E-state index in [1.54, 1.807) is 17.0 Å². The van der Waals surface area contributed by atoms with E-state index in [0.717, 1.165) is 22.4 Å². The first kappa shape index (κ1) is 16.1. The van der Waals surface area contributed by atoms with Crippen molar-refractivity contribution in [3.8, 4) is 5.69 Å². The normalized spacial score (nSPS) is 11.2. The number of carbonyl (C=O) groups excluding carboxylic acids is 1. The molecule has 5 rings (SSSR count). The fraction of sp³-hybridized carbons (Fsp3) is 0.0500. The van der Waals surface area contributed by atoms with Crippen LogP contribution in [0.1, 0.15) is 16.3 Å². The van der Waals surface area contributed by atoms with Gasteiger partial charge in [0.15, 0.2) is 0 Å². The lowest BCUT2D eigenvalue weighted by molar-refractivity contribution is 0.101. The number of amides is 1. The van der Waals surface area contributed by atoms with Crippen molar-refractivity contribution in [3.05, 3.63) is 78.6 Å². The van der Waals surface area contributed by atoms with Crippen LogP contribution in [-0.2, 0) is 0 Å². The predicted molar refractivity (Wildman–Crippen MR) is 105 cm³/mol. The zero-order valence-corrected chi connectivity index (χ0v) is 14.9. The van der Waals surface area contributed by atoms with Crippen molar-refractivity contribution < 1.29 is 4.79 Å². The van der Waals surface area contributed by atoms with Crippen molar-refractivity contribution in [1.82, 2.24) is 29.1 Å². The molecule has 8 nitrogen and oxygen atoms in total. The Bertz CT molecular complexity index is 1320. The summed E-state index contributed by atoms with van der Waals surface area (Å²) in [5, 5.41) is 7.04. The van der Waals surface area contributed by atoms with Crippen molar-refractivity contribution in [1.29, 1.82) is 0 Å². The number of nitrogens with one attached hydrogen (secondary N) is 1. The van der Waals surface area contributed by atoms with Crippen LogP contribution < -0.4 is 5.32 Å². The van der Waals surface area contributed by atoms with E-state index in [1.807, 2.05) is 66.1 Å². The van der Waals surface area contributed by atoms with Gasteiger partial charge in [-0.2, -0.15) is 4.98 Å². The van der Waals surface area contributed by atoms with Gasteiger partial charge in [-0.05, 0) is 49.4 Å². The van der Waals surface area contributed by atoms with E-state index < -0.39 is 0 Å². The van der Waals surface area contributed by atoms with E-state index >= 15 is 0 Å². The second kappa shape index (κ2) is 6.27. The molecule has 5 aromatic rings. The quantitative estimate of drug-likeness (QED) is 0.528. The van der Waals surface area contributed by atoms with Crippen molar-refractivity contribution >= 4 is 28.4 Å². The number of aromatic nitrogens is 6. The highest BCUT2D eigenvalue weighted by atomic mass is 16.2. The molecule has 0 aliphatic heterocycles. The maximum Gasteiger partial charge on any atom is 0.295 e. The third kappa shape index (κ3) is 2.67. The lowest BCUT2D eigenvalue weighted by atomic mass is 10.2. The molecule has 136 valence electrons. The van der Waals surface area contributed by atoms with Crippen molar-refractivity contribution in [2.75, 3.05) is 5.32 Å². The number of aryl methyl sites for hydroxylation is 1. The Hall–Kier alpha value is -4.07. The largest absolute Gasteiger partial charge is 0.319 e. The molecule has 28 heavy (non-hydrogen) atoms.